The molecule has 0 aliphatic rings. The average molecular weight is 219 g/mol. The molecule has 0 saturated carbocycles. The van der Waals surface area contributed by atoms with Crippen molar-refractivity contribution in [2.24, 2.45) is 0 Å². The zero-order chi connectivity index (χ0) is 11.5. The first-order valence-electron chi connectivity index (χ1n) is 5.33. The highest BCUT2D eigenvalue weighted by atomic mass is 16.4. The minimum absolute atomic E-state index is 0.227. The Hall–Kier alpha value is -1.84. The van der Waals surface area contributed by atoms with Crippen molar-refractivity contribution in [1.29, 1.82) is 0 Å². The predicted octanol–water partition coefficient (Wildman–Crippen LogP) is 2.87. The molecular formula is C12H13NO3. The molecule has 0 atom stereocenters. The normalized spacial score (nSPS) is 10.8. The standard InChI is InChI=1S/C12H13NO3/c1-2-3-4-11-13-9-6-5-8(12(14)15)7-10(9)16-11/h5-7H,2-4H2,1H3,(H,14,15). The summed E-state index contributed by atoms with van der Waals surface area (Å²) < 4.78 is 5.49. The Morgan fingerprint density at radius 2 is 2.31 bits per heavy atom. The number of aromatic carboxylic acids is 1. The van der Waals surface area contributed by atoms with Crippen LogP contribution < -0.4 is 0 Å². The molecule has 0 amide bonds. The summed E-state index contributed by atoms with van der Waals surface area (Å²) in [6.07, 6.45) is 2.91. The van der Waals surface area contributed by atoms with E-state index in [1.54, 1.807) is 6.07 Å². The van der Waals surface area contributed by atoms with Crippen LogP contribution in [0.1, 0.15) is 36.0 Å². The molecule has 1 N–H and O–H groups in total. The van der Waals surface area contributed by atoms with Gasteiger partial charge in [-0.25, -0.2) is 9.78 Å². The number of nitrogens with zero attached hydrogens (tertiary/aromatic N) is 1. The molecular weight excluding hydrogens is 206 g/mol. The lowest BCUT2D eigenvalue weighted by Crippen LogP contribution is -1.94. The summed E-state index contributed by atoms with van der Waals surface area (Å²) in [7, 11) is 0. The van der Waals surface area contributed by atoms with Gasteiger partial charge in [-0.3, -0.25) is 0 Å². The molecule has 0 bridgehead atoms. The van der Waals surface area contributed by atoms with Gasteiger partial charge >= 0.3 is 5.97 Å². The Kier molecular flexibility index (Phi) is 2.90. The van der Waals surface area contributed by atoms with Gasteiger partial charge in [0.2, 0.25) is 0 Å². The van der Waals surface area contributed by atoms with Crippen molar-refractivity contribution in [3.05, 3.63) is 29.7 Å². The van der Waals surface area contributed by atoms with Crippen LogP contribution in [0, 0.1) is 0 Å². The maximum absolute atomic E-state index is 10.8. The summed E-state index contributed by atoms with van der Waals surface area (Å²) in [6, 6.07) is 4.73. The minimum atomic E-state index is -0.951. The van der Waals surface area contributed by atoms with Gasteiger partial charge in [0.1, 0.15) is 5.52 Å². The van der Waals surface area contributed by atoms with E-state index in [-0.39, 0.29) is 5.56 Å². The molecule has 0 aliphatic heterocycles. The number of hydrogen-bond acceptors (Lipinski definition) is 3. The number of benzene rings is 1. The van der Waals surface area contributed by atoms with E-state index in [0.29, 0.717) is 11.5 Å². The number of fused-ring (bicyclic) bond motifs is 1. The topological polar surface area (TPSA) is 63.3 Å². The van der Waals surface area contributed by atoms with E-state index in [2.05, 4.69) is 11.9 Å². The maximum atomic E-state index is 10.8. The van der Waals surface area contributed by atoms with Crippen LogP contribution in [0.25, 0.3) is 11.1 Å². The van der Waals surface area contributed by atoms with Crippen LogP contribution in [0.2, 0.25) is 0 Å². The second-order valence-electron chi connectivity index (χ2n) is 3.70. The van der Waals surface area contributed by atoms with Crippen LogP contribution in [-0.2, 0) is 6.42 Å². The molecule has 4 nitrogen and oxygen atoms in total. The molecule has 2 aromatic rings. The van der Waals surface area contributed by atoms with Gasteiger partial charge in [0.15, 0.2) is 11.5 Å². The first-order valence-corrected chi connectivity index (χ1v) is 5.33. The third-order valence-electron chi connectivity index (χ3n) is 2.42. The molecule has 1 aromatic heterocycles. The van der Waals surface area contributed by atoms with Gasteiger partial charge in [-0.15, -0.1) is 0 Å². The van der Waals surface area contributed by atoms with E-state index in [9.17, 15) is 4.79 Å². The molecule has 1 aromatic carbocycles. The van der Waals surface area contributed by atoms with E-state index < -0.39 is 5.97 Å². The van der Waals surface area contributed by atoms with Crippen LogP contribution in [0.15, 0.2) is 22.6 Å². The van der Waals surface area contributed by atoms with Gasteiger partial charge in [-0.1, -0.05) is 13.3 Å². The van der Waals surface area contributed by atoms with Crippen molar-refractivity contribution in [2.75, 3.05) is 0 Å². The SMILES string of the molecule is CCCCc1nc2ccc(C(=O)O)cc2o1. The molecule has 0 radical (unpaired) electrons. The summed E-state index contributed by atoms with van der Waals surface area (Å²) in [5.41, 5.74) is 1.49. The van der Waals surface area contributed by atoms with Crippen molar-refractivity contribution in [1.82, 2.24) is 4.98 Å². The highest BCUT2D eigenvalue weighted by molar-refractivity contribution is 5.91. The van der Waals surface area contributed by atoms with Crippen molar-refractivity contribution < 1.29 is 14.3 Å². The third kappa shape index (κ3) is 2.05. The largest absolute Gasteiger partial charge is 0.478 e. The summed E-state index contributed by atoms with van der Waals surface area (Å²) in [6.45, 7) is 2.10. The lowest BCUT2D eigenvalue weighted by Gasteiger charge is -1.91. The van der Waals surface area contributed by atoms with E-state index >= 15 is 0 Å². The molecule has 0 saturated heterocycles. The van der Waals surface area contributed by atoms with Gasteiger partial charge in [0.05, 0.1) is 5.56 Å². The van der Waals surface area contributed by atoms with Crippen LogP contribution in [-0.4, -0.2) is 16.1 Å². The van der Waals surface area contributed by atoms with E-state index in [4.69, 9.17) is 9.52 Å². The Labute approximate surface area is 92.9 Å². The zero-order valence-corrected chi connectivity index (χ0v) is 9.06. The summed E-state index contributed by atoms with van der Waals surface area (Å²) in [5.74, 6) is -0.271. The molecule has 0 fully saturated rings. The first-order chi connectivity index (χ1) is 7.70. The lowest BCUT2D eigenvalue weighted by molar-refractivity contribution is 0.0697. The van der Waals surface area contributed by atoms with E-state index in [0.717, 1.165) is 24.8 Å². The number of hydrogen-bond donors (Lipinski definition) is 1. The van der Waals surface area contributed by atoms with Crippen LogP contribution in [0.4, 0.5) is 0 Å². The number of aromatic nitrogens is 1. The highest BCUT2D eigenvalue weighted by Crippen LogP contribution is 2.18. The molecule has 2 rings (SSSR count). The van der Waals surface area contributed by atoms with Crippen molar-refractivity contribution in [2.45, 2.75) is 26.2 Å². The fraction of sp³-hybridized carbons (Fsp3) is 0.333. The van der Waals surface area contributed by atoms with Crippen molar-refractivity contribution >= 4 is 17.1 Å². The van der Waals surface area contributed by atoms with Crippen LogP contribution >= 0.6 is 0 Å². The number of oxazole rings is 1. The fourth-order valence-electron chi connectivity index (χ4n) is 1.54. The second kappa shape index (κ2) is 4.35. The van der Waals surface area contributed by atoms with E-state index in [1.165, 1.54) is 12.1 Å². The Balaban J connectivity index is 2.34. The summed E-state index contributed by atoms with van der Waals surface area (Å²) >= 11 is 0. The second-order valence-corrected chi connectivity index (χ2v) is 3.70. The molecule has 1 heterocycles. The average Bonchev–Trinajstić information content (AvgIpc) is 2.67. The zero-order valence-electron chi connectivity index (χ0n) is 9.06. The predicted molar refractivity (Wildman–Crippen MR) is 59.6 cm³/mol. The van der Waals surface area contributed by atoms with E-state index in [1.807, 2.05) is 0 Å². The molecule has 0 unspecified atom stereocenters. The van der Waals surface area contributed by atoms with Crippen molar-refractivity contribution in [3.8, 4) is 0 Å². The highest BCUT2D eigenvalue weighted by Gasteiger charge is 2.09. The smallest absolute Gasteiger partial charge is 0.335 e. The van der Waals surface area contributed by atoms with Gasteiger partial charge in [-0.05, 0) is 24.6 Å². The molecule has 16 heavy (non-hydrogen) atoms. The van der Waals surface area contributed by atoms with Gasteiger partial charge in [-0.2, -0.15) is 0 Å². The van der Waals surface area contributed by atoms with Gasteiger partial charge in [0, 0.05) is 6.42 Å². The summed E-state index contributed by atoms with van der Waals surface area (Å²) in [5, 5.41) is 8.83. The number of carboxylic acids is 1. The van der Waals surface area contributed by atoms with Gasteiger partial charge < -0.3 is 9.52 Å². The number of rotatable bonds is 4. The molecule has 84 valence electrons. The third-order valence-corrected chi connectivity index (χ3v) is 2.42. The minimum Gasteiger partial charge on any atom is -0.478 e. The van der Waals surface area contributed by atoms with Crippen LogP contribution in [0.5, 0.6) is 0 Å². The Morgan fingerprint density at radius 3 is 3.00 bits per heavy atom. The maximum Gasteiger partial charge on any atom is 0.335 e. The first kappa shape index (κ1) is 10.7. The molecule has 0 spiro atoms. The quantitative estimate of drug-likeness (QED) is 0.858. The number of carboxylic acid groups (broad SMARTS) is 1. The summed E-state index contributed by atoms with van der Waals surface area (Å²) in [4.78, 5) is 15.1. The Morgan fingerprint density at radius 1 is 1.50 bits per heavy atom. The Bertz CT molecular complexity index is 516. The number of unbranched alkanes of at least 4 members (excludes halogenated alkanes) is 1. The molecule has 4 heteroatoms. The monoisotopic (exact) mass is 219 g/mol. The van der Waals surface area contributed by atoms with Gasteiger partial charge in [0.25, 0.3) is 0 Å². The number of carbonyl (C=O) groups is 1. The van der Waals surface area contributed by atoms with Crippen LogP contribution in [0.3, 0.4) is 0 Å². The fourth-order valence-corrected chi connectivity index (χ4v) is 1.54. The number of aryl methyl sites for hydroxylation is 1. The lowest BCUT2D eigenvalue weighted by atomic mass is 10.2. The molecule has 0 aliphatic carbocycles. The van der Waals surface area contributed by atoms with Crippen molar-refractivity contribution in [3.63, 3.8) is 0 Å².